The van der Waals surface area contributed by atoms with Crippen molar-refractivity contribution in [2.75, 3.05) is 0 Å². The van der Waals surface area contributed by atoms with Gasteiger partial charge in [0.25, 0.3) is 5.91 Å². The van der Waals surface area contributed by atoms with Gasteiger partial charge in [-0.1, -0.05) is 11.6 Å². The van der Waals surface area contributed by atoms with Crippen LogP contribution in [0.25, 0.3) is 0 Å². The number of furan rings is 1. The van der Waals surface area contributed by atoms with Crippen molar-refractivity contribution in [3.63, 3.8) is 0 Å². The van der Waals surface area contributed by atoms with Crippen LogP contribution in [0.4, 0.5) is 0 Å². The number of carbonyl (C=O) groups is 1. The highest BCUT2D eigenvalue weighted by molar-refractivity contribution is 6.31. The van der Waals surface area contributed by atoms with Crippen LogP contribution in [0.2, 0.25) is 5.02 Å². The second kappa shape index (κ2) is 7.37. The van der Waals surface area contributed by atoms with Crippen molar-refractivity contribution < 1.29 is 9.21 Å². The van der Waals surface area contributed by atoms with E-state index in [0.717, 1.165) is 23.6 Å². The second-order valence-electron chi connectivity index (χ2n) is 6.20. The molecule has 3 rings (SSSR count). The Morgan fingerprint density at radius 2 is 2.08 bits per heavy atom. The van der Waals surface area contributed by atoms with E-state index in [1.807, 2.05) is 44.6 Å². The van der Waals surface area contributed by atoms with Crippen LogP contribution in [-0.2, 0) is 13.1 Å². The number of amides is 1. The Morgan fingerprint density at radius 3 is 2.69 bits per heavy atom. The summed E-state index contributed by atoms with van der Waals surface area (Å²) < 4.78 is 9.26. The Balaban J connectivity index is 1.66. The molecule has 3 aromatic rings. The summed E-state index contributed by atoms with van der Waals surface area (Å²) in [5.41, 5.74) is 2.45. The van der Waals surface area contributed by atoms with Gasteiger partial charge in [0.2, 0.25) is 0 Å². The third kappa shape index (κ3) is 3.67. The summed E-state index contributed by atoms with van der Waals surface area (Å²) in [6.07, 6.45) is 1.89. The quantitative estimate of drug-likeness (QED) is 0.715. The summed E-state index contributed by atoms with van der Waals surface area (Å²) in [7, 11) is 0. The maximum atomic E-state index is 12.4. The fourth-order valence-electron chi connectivity index (χ4n) is 2.69. The van der Waals surface area contributed by atoms with Crippen LogP contribution in [-0.4, -0.2) is 25.5 Å². The van der Waals surface area contributed by atoms with E-state index in [-0.39, 0.29) is 17.7 Å². The molecule has 7 nitrogen and oxygen atoms in total. The Morgan fingerprint density at radius 1 is 1.31 bits per heavy atom. The minimum Gasteiger partial charge on any atom is -0.454 e. The third-order valence-corrected chi connectivity index (χ3v) is 4.81. The van der Waals surface area contributed by atoms with E-state index >= 15 is 0 Å². The van der Waals surface area contributed by atoms with Crippen LogP contribution < -0.4 is 5.32 Å². The second-order valence-corrected chi connectivity index (χ2v) is 6.58. The minimum absolute atomic E-state index is 0.210. The Hall–Kier alpha value is -2.54. The molecule has 0 saturated carbocycles. The molecule has 1 N–H and O–H groups in total. The molecular weight excluding hydrogens is 354 g/mol. The van der Waals surface area contributed by atoms with Crippen molar-refractivity contribution in [3.8, 4) is 0 Å². The van der Waals surface area contributed by atoms with Crippen molar-refractivity contribution in [2.45, 2.75) is 46.8 Å². The number of hydrogen-bond acceptors (Lipinski definition) is 4. The van der Waals surface area contributed by atoms with E-state index < -0.39 is 0 Å². The van der Waals surface area contributed by atoms with E-state index in [1.165, 1.54) is 0 Å². The molecule has 1 unspecified atom stereocenters. The Labute approximate surface area is 156 Å². The normalized spacial score (nSPS) is 12.3. The minimum atomic E-state index is -0.277. The first kappa shape index (κ1) is 18.3. The van der Waals surface area contributed by atoms with Gasteiger partial charge in [0.05, 0.1) is 34.7 Å². The van der Waals surface area contributed by atoms with E-state index in [1.54, 1.807) is 16.8 Å². The highest BCUT2D eigenvalue weighted by Crippen LogP contribution is 2.20. The van der Waals surface area contributed by atoms with Crippen LogP contribution in [0.5, 0.6) is 0 Å². The third-order valence-electron chi connectivity index (χ3n) is 4.26. The Bertz CT molecular complexity index is 924. The molecule has 0 saturated heterocycles. The zero-order valence-electron chi connectivity index (χ0n) is 15.3. The van der Waals surface area contributed by atoms with Gasteiger partial charge in [-0.2, -0.15) is 10.2 Å². The first-order valence-electron chi connectivity index (χ1n) is 8.51. The van der Waals surface area contributed by atoms with Gasteiger partial charge < -0.3 is 9.73 Å². The number of halogens is 1. The fourth-order valence-corrected chi connectivity index (χ4v) is 2.82. The summed E-state index contributed by atoms with van der Waals surface area (Å²) in [4.78, 5) is 12.4. The van der Waals surface area contributed by atoms with Crippen LogP contribution >= 0.6 is 11.6 Å². The predicted molar refractivity (Wildman–Crippen MR) is 98.3 cm³/mol. The zero-order valence-corrected chi connectivity index (χ0v) is 16.0. The van der Waals surface area contributed by atoms with Crippen LogP contribution in [0, 0.1) is 13.8 Å². The maximum absolute atomic E-state index is 12.4. The standard InChI is InChI=1S/C18H22ClN5O2/c1-5-23-9-8-15(22-23)11(2)20-18(25)16-7-6-14(26-16)10-24-13(4)17(19)12(3)21-24/h6-9,11H,5,10H2,1-4H3,(H,20,25). The van der Waals surface area contributed by atoms with E-state index in [0.29, 0.717) is 17.3 Å². The molecule has 1 atom stereocenters. The SMILES string of the molecule is CCn1ccc(C(C)NC(=O)c2ccc(Cn3nc(C)c(Cl)c3C)o2)n1. The van der Waals surface area contributed by atoms with Gasteiger partial charge in [0.15, 0.2) is 5.76 Å². The number of rotatable bonds is 6. The van der Waals surface area contributed by atoms with Gasteiger partial charge in [0.1, 0.15) is 5.76 Å². The lowest BCUT2D eigenvalue weighted by Gasteiger charge is -2.10. The molecule has 138 valence electrons. The molecule has 0 aliphatic heterocycles. The molecule has 0 bridgehead atoms. The van der Waals surface area contributed by atoms with Crippen LogP contribution in [0.1, 0.15) is 53.3 Å². The number of carbonyl (C=O) groups excluding carboxylic acids is 1. The molecule has 0 spiro atoms. The lowest BCUT2D eigenvalue weighted by Crippen LogP contribution is -2.26. The molecule has 3 aromatic heterocycles. The largest absolute Gasteiger partial charge is 0.454 e. The molecule has 26 heavy (non-hydrogen) atoms. The first-order valence-corrected chi connectivity index (χ1v) is 8.89. The molecular formula is C18H22ClN5O2. The van der Waals surface area contributed by atoms with Crippen LogP contribution in [0.15, 0.2) is 28.8 Å². The van der Waals surface area contributed by atoms with Crippen molar-refractivity contribution in [1.29, 1.82) is 0 Å². The van der Waals surface area contributed by atoms with Gasteiger partial charge in [-0.05, 0) is 45.9 Å². The predicted octanol–water partition coefficient (Wildman–Crippen LogP) is 3.50. The number of hydrogen-bond donors (Lipinski definition) is 1. The molecule has 0 radical (unpaired) electrons. The molecule has 0 aliphatic rings. The molecule has 0 fully saturated rings. The van der Waals surface area contributed by atoms with Gasteiger partial charge in [0, 0.05) is 12.7 Å². The van der Waals surface area contributed by atoms with E-state index in [2.05, 4.69) is 15.5 Å². The van der Waals surface area contributed by atoms with E-state index in [9.17, 15) is 4.79 Å². The fraction of sp³-hybridized carbons (Fsp3) is 0.389. The number of nitrogens with zero attached hydrogens (tertiary/aromatic N) is 4. The summed E-state index contributed by atoms with van der Waals surface area (Å²) in [6, 6.07) is 5.12. The molecule has 8 heteroatoms. The van der Waals surface area contributed by atoms with Crippen molar-refractivity contribution in [1.82, 2.24) is 24.9 Å². The maximum Gasteiger partial charge on any atom is 0.287 e. The summed E-state index contributed by atoms with van der Waals surface area (Å²) in [5.74, 6) is 0.621. The molecule has 0 aliphatic carbocycles. The number of aryl methyl sites for hydroxylation is 2. The van der Waals surface area contributed by atoms with E-state index in [4.69, 9.17) is 16.0 Å². The summed E-state index contributed by atoms with van der Waals surface area (Å²) in [5, 5.41) is 12.3. The van der Waals surface area contributed by atoms with Gasteiger partial charge in [-0.3, -0.25) is 14.2 Å². The lowest BCUT2D eigenvalue weighted by molar-refractivity contribution is 0.0909. The summed E-state index contributed by atoms with van der Waals surface area (Å²) in [6.45, 7) is 8.87. The number of nitrogens with one attached hydrogen (secondary N) is 1. The highest BCUT2D eigenvalue weighted by Gasteiger charge is 2.17. The molecule has 0 aromatic carbocycles. The number of aromatic nitrogens is 4. The van der Waals surface area contributed by atoms with Crippen molar-refractivity contribution >= 4 is 17.5 Å². The lowest BCUT2D eigenvalue weighted by atomic mass is 10.2. The smallest absolute Gasteiger partial charge is 0.287 e. The average molecular weight is 376 g/mol. The van der Waals surface area contributed by atoms with Gasteiger partial charge >= 0.3 is 0 Å². The summed E-state index contributed by atoms with van der Waals surface area (Å²) >= 11 is 6.16. The molecule has 3 heterocycles. The van der Waals surface area contributed by atoms with Crippen molar-refractivity contribution in [3.05, 3.63) is 58.0 Å². The average Bonchev–Trinajstić information content (AvgIpc) is 3.33. The Kier molecular flexibility index (Phi) is 5.18. The van der Waals surface area contributed by atoms with Crippen molar-refractivity contribution in [2.24, 2.45) is 0 Å². The van der Waals surface area contributed by atoms with Gasteiger partial charge in [-0.25, -0.2) is 0 Å². The zero-order chi connectivity index (χ0) is 18.8. The monoisotopic (exact) mass is 375 g/mol. The topological polar surface area (TPSA) is 77.9 Å². The first-order chi connectivity index (χ1) is 12.4. The van der Waals surface area contributed by atoms with Gasteiger partial charge in [-0.15, -0.1) is 0 Å². The van der Waals surface area contributed by atoms with Crippen LogP contribution in [0.3, 0.4) is 0 Å². The molecule has 1 amide bonds. The highest BCUT2D eigenvalue weighted by atomic mass is 35.5.